The van der Waals surface area contributed by atoms with Crippen molar-refractivity contribution in [1.82, 2.24) is 19.2 Å². The van der Waals surface area contributed by atoms with Crippen molar-refractivity contribution < 1.29 is 13.2 Å². The average Bonchev–Trinajstić information content (AvgIpc) is 2.68. The normalized spacial score (nSPS) is 16.0. The van der Waals surface area contributed by atoms with Crippen LogP contribution in [0.2, 0.25) is 0 Å². The molecule has 7 nitrogen and oxygen atoms in total. The Kier molecular flexibility index (Phi) is 5.33. The molecule has 1 amide bonds. The van der Waals surface area contributed by atoms with E-state index >= 15 is 0 Å². The Balaban J connectivity index is 1.68. The van der Waals surface area contributed by atoms with Gasteiger partial charge in [-0.15, -0.1) is 0 Å². The Morgan fingerprint density at radius 1 is 1.04 bits per heavy atom. The molecule has 0 atom stereocenters. The maximum absolute atomic E-state index is 12.8. The summed E-state index contributed by atoms with van der Waals surface area (Å²) >= 11 is 0. The number of amides is 1. The molecule has 1 fully saturated rings. The van der Waals surface area contributed by atoms with Crippen molar-refractivity contribution in [1.29, 1.82) is 0 Å². The molecule has 1 aliphatic heterocycles. The molecule has 0 N–H and O–H groups in total. The Morgan fingerprint density at radius 3 is 2.23 bits per heavy atom. The van der Waals surface area contributed by atoms with Crippen molar-refractivity contribution in [2.75, 3.05) is 26.2 Å². The van der Waals surface area contributed by atoms with Gasteiger partial charge in [0.1, 0.15) is 5.69 Å². The highest BCUT2D eigenvalue weighted by Crippen LogP contribution is 2.21. The van der Waals surface area contributed by atoms with Gasteiger partial charge in [-0.2, -0.15) is 4.31 Å². The van der Waals surface area contributed by atoms with Crippen LogP contribution >= 0.6 is 0 Å². The maximum Gasteiger partial charge on any atom is 0.274 e. The van der Waals surface area contributed by atoms with Gasteiger partial charge in [0.25, 0.3) is 5.91 Å². The second-order valence-corrected chi connectivity index (χ2v) is 8.45. The van der Waals surface area contributed by atoms with Gasteiger partial charge in [-0.1, -0.05) is 26.0 Å². The summed E-state index contributed by atoms with van der Waals surface area (Å²) in [5.41, 5.74) is 1.37. The predicted molar refractivity (Wildman–Crippen MR) is 97.2 cm³/mol. The second kappa shape index (κ2) is 7.51. The van der Waals surface area contributed by atoms with Gasteiger partial charge in [-0.25, -0.2) is 13.4 Å². The van der Waals surface area contributed by atoms with Crippen LogP contribution in [0.15, 0.2) is 47.8 Å². The van der Waals surface area contributed by atoms with Crippen molar-refractivity contribution in [3.05, 3.63) is 54.1 Å². The summed E-state index contributed by atoms with van der Waals surface area (Å²) in [7, 11) is -3.55. The van der Waals surface area contributed by atoms with Gasteiger partial charge < -0.3 is 4.90 Å². The number of rotatable bonds is 4. The second-order valence-electron chi connectivity index (χ2n) is 6.51. The zero-order chi connectivity index (χ0) is 18.7. The summed E-state index contributed by atoms with van der Waals surface area (Å²) < 4.78 is 27.1. The minimum atomic E-state index is -3.55. The predicted octanol–water partition coefficient (Wildman–Crippen LogP) is 1.75. The van der Waals surface area contributed by atoms with E-state index in [-0.39, 0.29) is 29.6 Å². The molecule has 1 aromatic carbocycles. The molecule has 26 heavy (non-hydrogen) atoms. The quantitative estimate of drug-likeness (QED) is 0.814. The fraction of sp³-hybridized carbons (Fsp3) is 0.389. The minimum Gasteiger partial charge on any atom is -0.335 e. The maximum atomic E-state index is 12.8. The molecule has 0 aliphatic carbocycles. The first-order chi connectivity index (χ1) is 12.4. The van der Waals surface area contributed by atoms with E-state index in [1.165, 1.54) is 22.9 Å². The van der Waals surface area contributed by atoms with Crippen LogP contribution in [0.3, 0.4) is 0 Å². The highest BCUT2D eigenvalue weighted by molar-refractivity contribution is 7.89. The summed E-state index contributed by atoms with van der Waals surface area (Å²) in [6.45, 7) is 5.33. The molecule has 0 spiro atoms. The van der Waals surface area contributed by atoms with Gasteiger partial charge >= 0.3 is 0 Å². The van der Waals surface area contributed by atoms with Gasteiger partial charge in [0.05, 0.1) is 11.1 Å². The third kappa shape index (κ3) is 3.76. The van der Waals surface area contributed by atoms with Crippen LogP contribution < -0.4 is 0 Å². The van der Waals surface area contributed by atoms with Crippen molar-refractivity contribution in [3.8, 4) is 0 Å². The first-order valence-corrected chi connectivity index (χ1v) is 9.99. The third-order valence-electron chi connectivity index (χ3n) is 4.49. The number of sulfonamides is 1. The molecule has 138 valence electrons. The summed E-state index contributed by atoms with van der Waals surface area (Å²) in [4.78, 5) is 22.2. The summed E-state index contributed by atoms with van der Waals surface area (Å²) in [6.07, 6.45) is 4.39. The number of carbonyl (C=O) groups is 1. The van der Waals surface area contributed by atoms with Gasteiger partial charge in [0.2, 0.25) is 10.0 Å². The van der Waals surface area contributed by atoms with E-state index in [4.69, 9.17) is 0 Å². The number of aromatic nitrogens is 2. The molecule has 2 heterocycles. The van der Waals surface area contributed by atoms with Gasteiger partial charge in [0.15, 0.2) is 0 Å². The number of piperazine rings is 1. The Hall–Kier alpha value is -2.32. The zero-order valence-corrected chi connectivity index (χ0v) is 15.7. The summed E-state index contributed by atoms with van der Waals surface area (Å²) in [5.74, 6) is 0.124. The number of hydrogen-bond acceptors (Lipinski definition) is 5. The lowest BCUT2D eigenvalue weighted by molar-refractivity contribution is 0.0691. The molecule has 2 aromatic rings. The van der Waals surface area contributed by atoms with Crippen LogP contribution in [0.5, 0.6) is 0 Å². The van der Waals surface area contributed by atoms with Crippen LogP contribution in [0.25, 0.3) is 0 Å². The molecule has 1 aliphatic rings. The molecular weight excluding hydrogens is 352 g/mol. The molecule has 0 radical (unpaired) electrons. The van der Waals surface area contributed by atoms with Crippen LogP contribution in [0, 0.1) is 0 Å². The van der Waals surface area contributed by atoms with E-state index in [0.717, 1.165) is 5.56 Å². The molecule has 3 rings (SSSR count). The molecule has 1 saturated heterocycles. The highest BCUT2D eigenvalue weighted by Gasteiger charge is 2.30. The topological polar surface area (TPSA) is 83.5 Å². The van der Waals surface area contributed by atoms with E-state index in [9.17, 15) is 13.2 Å². The first kappa shape index (κ1) is 18.5. The number of benzene rings is 1. The van der Waals surface area contributed by atoms with Crippen LogP contribution in [0.1, 0.15) is 35.8 Å². The van der Waals surface area contributed by atoms with Crippen LogP contribution in [0.4, 0.5) is 0 Å². The van der Waals surface area contributed by atoms with Gasteiger partial charge in [0, 0.05) is 38.6 Å². The molecule has 8 heteroatoms. The monoisotopic (exact) mass is 374 g/mol. The lowest BCUT2D eigenvalue weighted by atomic mass is 10.0. The van der Waals surface area contributed by atoms with E-state index in [0.29, 0.717) is 19.0 Å². The van der Waals surface area contributed by atoms with E-state index in [1.54, 1.807) is 17.0 Å². The zero-order valence-electron chi connectivity index (χ0n) is 14.9. The minimum absolute atomic E-state index is 0.226. The lowest BCUT2D eigenvalue weighted by Crippen LogP contribution is -2.50. The SMILES string of the molecule is CC(C)c1ccc(S(=O)(=O)N2CCN(C(=O)c3cnccn3)CC2)cc1. The molecule has 0 saturated carbocycles. The Labute approximate surface area is 153 Å². The van der Waals surface area contributed by atoms with Crippen molar-refractivity contribution in [2.24, 2.45) is 0 Å². The van der Waals surface area contributed by atoms with Crippen molar-refractivity contribution >= 4 is 15.9 Å². The first-order valence-electron chi connectivity index (χ1n) is 8.55. The number of hydrogen-bond donors (Lipinski definition) is 0. The van der Waals surface area contributed by atoms with Crippen molar-refractivity contribution in [2.45, 2.75) is 24.7 Å². The van der Waals surface area contributed by atoms with Crippen molar-refractivity contribution in [3.63, 3.8) is 0 Å². The van der Waals surface area contributed by atoms with E-state index in [1.807, 2.05) is 12.1 Å². The number of nitrogens with zero attached hydrogens (tertiary/aromatic N) is 4. The molecule has 0 bridgehead atoms. The largest absolute Gasteiger partial charge is 0.335 e. The smallest absolute Gasteiger partial charge is 0.274 e. The highest BCUT2D eigenvalue weighted by atomic mass is 32.2. The van der Waals surface area contributed by atoms with Gasteiger partial charge in [-0.3, -0.25) is 9.78 Å². The van der Waals surface area contributed by atoms with Crippen LogP contribution in [-0.4, -0.2) is 59.7 Å². The molecule has 1 aromatic heterocycles. The fourth-order valence-electron chi connectivity index (χ4n) is 2.88. The lowest BCUT2D eigenvalue weighted by Gasteiger charge is -2.33. The number of carbonyl (C=O) groups excluding carboxylic acids is 1. The summed E-state index contributed by atoms with van der Waals surface area (Å²) in [6, 6.07) is 7.01. The van der Waals surface area contributed by atoms with Crippen LogP contribution in [-0.2, 0) is 10.0 Å². The Morgan fingerprint density at radius 2 is 1.69 bits per heavy atom. The Bertz CT molecular complexity index is 859. The van der Waals surface area contributed by atoms with E-state index in [2.05, 4.69) is 23.8 Å². The standard InChI is InChI=1S/C18H22N4O3S/c1-14(2)15-3-5-16(6-4-15)26(24,25)22-11-9-21(10-12-22)18(23)17-13-19-7-8-20-17/h3-8,13-14H,9-12H2,1-2H3. The molecule has 0 unspecified atom stereocenters. The average molecular weight is 374 g/mol. The third-order valence-corrected chi connectivity index (χ3v) is 6.41. The fourth-order valence-corrected chi connectivity index (χ4v) is 4.30. The van der Waals surface area contributed by atoms with Gasteiger partial charge in [-0.05, 0) is 23.6 Å². The molecular formula is C18H22N4O3S. The van der Waals surface area contributed by atoms with E-state index < -0.39 is 10.0 Å². The summed E-state index contributed by atoms with van der Waals surface area (Å²) in [5, 5.41) is 0.